The first-order chi connectivity index (χ1) is 38.0. The molecule has 2 aliphatic rings. The molecule has 2 aliphatic heterocycles. The minimum absolute atomic E-state index is 0.125. The van der Waals surface area contributed by atoms with Crippen LogP contribution < -0.4 is 0 Å². The van der Waals surface area contributed by atoms with Crippen LogP contribution >= 0.6 is 0 Å². The van der Waals surface area contributed by atoms with Gasteiger partial charge < -0.3 is 64.2 Å². The molecule has 2 fully saturated rings. The minimum atomic E-state index is -1.77. The molecule has 4 unspecified atom stereocenters. The van der Waals surface area contributed by atoms with Crippen molar-refractivity contribution in [2.75, 3.05) is 26.4 Å². The molecule has 15 heteroatoms. The van der Waals surface area contributed by atoms with Gasteiger partial charge in [-0.3, -0.25) is 9.59 Å². The summed E-state index contributed by atoms with van der Waals surface area (Å²) < 4.78 is 33.7. The Morgan fingerprint density at radius 1 is 0.423 bits per heavy atom. The first-order valence-electron chi connectivity index (χ1n) is 30.9. The zero-order valence-electron chi connectivity index (χ0n) is 48.4. The van der Waals surface area contributed by atoms with E-state index in [1.807, 2.05) is 0 Å². The lowest BCUT2D eigenvalue weighted by Gasteiger charge is -2.42. The Balaban J connectivity index is 1.73. The summed E-state index contributed by atoms with van der Waals surface area (Å²) in [5.74, 6) is -0.955. The van der Waals surface area contributed by atoms with Gasteiger partial charge in [0.05, 0.1) is 19.8 Å². The van der Waals surface area contributed by atoms with Gasteiger partial charge in [0.25, 0.3) is 0 Å². The van der Waals surface area contributed by atoms with E-state index in [1.165, 1.54) is 122 Å². The van der Waals surface area contributed by atoms with E-state index in [9.17, 15) is 45.3 Å². The molecule has 0 saturated carbocycles. The third kappa shape index (κ3) is 35.1. The van der Waals surface area contributed by atoms with Gasteiger partial charge in [0.15, 0.2) is 18.7 Å². The molecule has 78 heavy (non-hydrogen) atoms. The number of allylic oxidation sites excluding steroid dienone is 10. The van der Waals surface area contributed by atoms with Crippen molar-refractivity contribution >= 4 is 11.9 Å². The molecule has 0 aromatic rings. The largest absolute Gasteiger partial charge is 0.462 e. The highest BCUT2D eigenvalue weighted by molar-refractivity contribution is 5.70. The number of rotatable bonds is 49. The topological polar surface area (TPSA) is 231 Å². The molecular weight excluding hydrogens is 997 g/mol. The minimum Gasteiger partial charge on any atom is -0.462 e. The van der Waals surface area contributed by atoms with Crippen LogP contribution in [0.2, 0.25) is 0 Å². The van der Waals surface area contributed by atoms with Gasteiger partial charge in [-0.05, 0) is 57.8 Å². The average Bonchev–Trinajstić information content (AvgIpc) is 3.43. The summed E-state index contributed by atoms with van der Waals surface area (Å²) in [6, 6.07) is 0. The second-order valence-corrected chi connectivity index (χ2v) is 21.5. The Kier molecular flexibility index (Phi) is 44.7. The molecule has 2 heterocycles. The van der Waals surface area contributed by atoms with Crippen molar-refractivity contribution in [1.29, 1.82) is 0 Å². The third-order valence-corrected chi connectivity index (χ3v) is 14.5. The van der Waals surface area contributed by atoms with E-state index in [4.69, 9.17) is 28.4 Å². The zero-order valence-corrected chi connectivity index (χ0v) is 48.4. The number of ether oxygens (including phenoxy) is 6. The lowest BCUT2D eigenvalue weighted by atomic mass is 9.98. The van der Waals surface area contributed by atoms with E-state index in [-0.39, 0.29) is 19.4 Å². The molecule has 0 aromatic carbocycles. The van der Waals surface area contributed by atoms with E-state index in [0.29, 0.717) is 12.8 Å². The summed E-state index contributed by atoms with van der Waals surface area (Å²) in [5.41, 5.74) is 0. The zero-order chi connectivity index (χ0) is 56.7. The number of aliphatic hydroxyl groups excluding tert-OH is 7. The molecule has 2 rings (SSSR count). The molecule has 2 saturated heterocycles. The summed E-state index contributed by atoms with van der Waals surface area (Å²) in [4.78, 5) is 25.9. The average molecular weight is 1110 g/mol. The molecule has 0 amide bonds. The van der Waals surface area contributed by atoms with E-state index >= 15 is 0 Å². The van der Waals surface area contributed by atoms with Crippen LogP contribution in [0, 0.1) is 0 Å². The molecule has 0 aliphatic carbocycles. The predicted octanol–water partition coefficient (Wildman–Crippen LogP) is 11.2. The maximum absolute atomic E-state index is 13.1. The van der Waals surface area contributed by atoms with E-state index in [0.717, 1.165) is 70.6 Å². The fourth-order valence-corrected chi connectivity index (χ4v) is 9.54. The number of aliphatic hydroxyl groups is 7. The lowest BCUT2D eigenvalue weighted by Crippen LogP contribution is -2.61. The van der Waals surface area contributed by atoms with Gasteiger partial charge in [0.2, 0.25) is 0 Å². The molecule has 0 radical (unpaired) electrons. The van der Waals surface area contributed by atoms with Gasteiger partial charge in [0, 0.05) is 12.8 Å². The Morgan fingerprint density at radius 2 is 0.808 bits per heavy atom. The highest BCUT2D eigenvalue weighted by atomic mass is 16.7. The fraction of sp³-hybridized carbons (Fsp3) is 0.810. The number of esters is 2. The molecule has 15 nitrogen and oxygen atoms in total. The SMILES string of the molecule is CC/C=C/C/C=C/C/C=C/C/C=C/C/C=C/CCCCCC(=O)O[C@@H](COC(=O)CCCCCCCCCCCCCCCCCCCCCCCCC)CO[C@@H]1O[C@H](CO[C@@H]2O[C@H](CO)[C@H](O)C(O)C2O)[C@H](O)C(O)C1O. The number of carbonyl (C=O) groups is 2. The highest BCUT2D eigenvalue weighted by Gasteiger charge is 2.47. The quantitative estimate of drug-likeness (QED) is 0.0171. The molecular formula is C63H110O15. The van der Waals surface area contributed by atoms with Crippen LogP contribution in [0.3, 0.4) is 0 Å². The van der Waals surface area contributed by atoms with Crippen LogP contribution in [0.5, 0.6) is 0 Å². The Hall–Kier alpha value is -2.80. The van der Waals surface area contributed by atoms with Crippen molar-refractivity contribution in [3.63, 3.8) is 0 Å². The van der Waals surface area contributed by atoms with Crippen molar-refractivity contribution in [2.24, 2.45) is 0 Å². The number of hydrogen-bond donors (Lipinski definition) is 7. The number of hydrogen-bond acceptors (Lipinski definition) is 15. The maximum Gasteiger partial charge on any atom is 0.306 e. The molecule has 0 bridgehead atoms. The van der Waals surface area contributed by atoms with Gasteiger partial charge in [-0.15, -0.1) is 0 Å². The summed E-state index contributed by atoms with van der Waals surface area (Å²) in [6.07, 6.45) is 42.5. The Morgan fingerprint density at radius 3 is 1.27 bits per heavy atom. The van der Waals surface area contributed by atoms with Crippen LogP contribution in [0.25, 0.3) is 0 Å². The predicted molar refractivity (Wildman–Crippen MR) is 307 cm³/mol. The molecule has 452 valence electrons. The second kappa shape index (κ2) is 48.9. The Bertz CT molecular complexity index is 1580. The Labute approximate surface area is 470 Å². The highest BCUT2D eigenvalue weighted by Crippen LogP contribution is 2.27. The summed E-state index contributed by atoms with van der Waals surface area (Å²) in [6.45, 7) is 2.48. The molecule has 0 aromatic heterocycles. The smallest absolute Gasteiger partial charge is 0.306 e. The van der Waals surface area contributed by atoms with Crippen molar-refractivity contribution in [1.82, 2.24) is 0 Å². The summed E-state index contributed by atoms with van der Waals surface area (Å²) in [7, 11) is 0. The van der Waals surface area contributed by atoms with E-state index < -0.39 is 99.3 Å². The lowest BCUT2D eigenvalue weighted by molar-refractivity contribution is -0.332. The number of unbranched alkanes of at least 4 members (excludes halogenated alkanes) is 25. The third-order valence-electron chi connectivity index (χ3n) is 14.5. The van der Waals surface area contributed by atoms with Crippen LogP contribution in [-0.2, 0) is 38.0 Å². The van der Waals surface area contributed by atoms with E-state index in [2.05, 4.69) is 74.6 Å². The molecule has 7 N–H and O–H groups in total. The fourth-order valence-electron chi connectivity index (χ4n) is 9.54. The van der Waals surface area contributed by atoms with Crippen molar-refractivity contribution < 1.29 is 73.8 Å². The standard InChI is InChI=1S/C63H110O15/c1-3-5-7-9-11-13-15-17-19-21-23-24-25-26-28-29-31-33-35-37-39-41-43-45-54(65)73-48-51(76-55(66)46-44-42-40-38-36-34-32-30-27-22-20-18-16-14-12-10-8-6-4-2)49-74-62-61(72)59(70)57(68)53(78-62)50-75-63-60(71)58(69)56(67)52(47-64)77-63/h6,8,12,14,18,20,27,30,34,36,51-53,56-64,67-72H,3-5,7,9-11,13,15-17,19,21-26,28-29,31-33,35,37-50H2,1-2H3/b8-6+,14-12+,20-18+,30-27+,36-34+/t51-,52+,53+,56-,57-,58?,59?,60?,61?,62+,63+/m0/s1. The second-order valence-electron chi connectivity index (χ2n) is 21.5. The summed E-state index contributed by atoms with van der Waals surface area (Å²) in [5, 5.41) is 72.4. The van der Waals surface area contributed by atoms with Crippen molar-refractivity contribution in [2.45, 2.75) is 300 Å². The van der Waals surface area contributed by atoms with Gasteiger partial charge in [-0.25, -0.2) is 0 Å². The monoisotopic (exact) mass is 1110 g/mol. The van der Waals surface area contributed by atoms with Gasteiger partial charge in [-0.2, -0.15) is 0 Å². The van der Waals surface area contributed by atoms with Crippen LogP contribution in [0.15, 0.2) is 60.8 Å². The van der Waals surface area contributed by atoms with Crippen LogP contribution in [0.1, 0.15) is 232 Å². The molecule has 11 atom stereocenters. The first-order valence-corrected chi connectivity index (χ1v) is 30.9. The molecule has 0 spiro atoms. The van der Waals surface area contributed by atoms with Gasteiger partial charge in [-0.1, -0.05) is 222 Å². The summed E-state index contributed by atoms with van der Waals surface area (Å²) >= 11 is 0. The van der Waals surface area contributed by atoms with Crippen LogP contribution in [0.4, 0.5) is 0 Å². The number of carbonyl (C=O) groups excluding carboxylic acids is 2. The maximum atomic E-state index is 13.1. The normalized spacial score (nSPS) is 24.4. The van der Waals surface area contributed by atoms with Gasteiger partial charge in [0.1, 0.15) is 55.4 Å². The van der Waals surface area contributed by atoms with Crippen molar-refractivity contribution in [3.05, 3.63) is 60.8 Å². The van der Waals surface area contributed by atoms with E-state index in [1.54, 1.807) is 0 Å². The van der Waals surface area contributed by atoms with Gasteiger partial charge >= 0.3 is 11.9 Å². The first kappa shape index (κ1) is 71.3. The van der Waals surface area contributed by atoms with Crippen LogP contribution in [-0.4, -0.2) is 142 Å². The van der Waals surface area contributed by atoms with Crippen molar-refractivity contribution in [3.8, 4) is 0 Å².